The third-order valence-electron chi connectivity index (χ3n) is 4.54. The van der Waals surface area contributed by atoms with Crippen molar-refractivity contribution in [3.8, 4) is 22.8 Å². The lowest BCUT2D eigenvalue weighted by atomic mass is 10.0. The molecule has 0 unspecified atom stereocenters. The van der Waals surface area contributed by atoms with Gasteiger partial charge in [-0.15, -0.1) is 11.3 Å². The molecule has 1 aliphatic rings. The Hall–Kier alpha value is -2.12. The lowest BCUT2D eigenvalue weighted by Gasteiger charge is -2.29. The van der Waals surface area contributed by atoms with E-state index in [9.17, 15) is 4.79 Å². The maximum Gasteiger partial charge on any atom is 0.240 e. The minimum Gasteiger partial charge on any atom is -0.497 e. The Labute approximate surface area is 158 Å². The van der Waals surface area contributed by atoms with Gasteiger partial charge < -0.3 is 14.8 Å². The van der Waals surface area contributed by atoms with Crippen molar-refractivity contribution in [3.05, 3.63) is 23.6 Å². The summed E-state index contributed by atoms with van der Waals surface area (Å²) in [6.45, 7) is 4.63. The zero-order valence-corrected chi connectivity index (χ0v) is 16.3. The second-order valence-electron chi connectivity index (χ2n) is 6.63. The van der Waals surface area contributed by atoms with Crippen LogP contribution in [-0.4, -0.2) is 49.6 Å². The quantitative estimate of drug-likeness (QED) is 0.837. The van der Waals surface area contributed by atoms with E-state index in [-0.39, 0.29) is 5.91 Å². The number of rotatable bonds is 6. The van der Waals surface area contributed by atoms with Gasteiger partial charge in [0.25, 0.3) is 0 Å². The number of anilines is 1. The maximum absolute atomic E-state index is 12.3. The fourth-order valence-corrected chi connectivity index (χ4v) is 3.98. The van der Waals surface area contributed by atoms with Crippen LogP contribution in [0.1, 0.15) is 19.8 Å². The Kier molecular flexibility index (Phi) is 6.11. The molecule has 1 saturated heterocycles. The van der Waals surface area contributed by atoms with Gasteiger partial charge in [-0.2, -0.15) is 0 Å². The summed E-state index contributed by atoms with van der Waals surface area (Å²) in [5, 5.41) is 5.44. The molecule has 0 radical (unpaired) electrons. The van der Waals surface area contributed by atoms with Gasteiger partial charge in [0.15, 0.2) is 5.13 Å². The molecule has 3 rings (SSSR count). The summed E-state index contributed by atoms with van der Waals surface area (Å²) in [7, 11) is 3.24. The molecule has 1 atom stereocenters. The second-order valence-corrected chi connectivity index (χ2v) is 7.49. The summed E-state index contributed by atoms with van der Waals surface area (Å²) in [6, 6.07) is 5.60. The van der Waals surface area contributed by atoms with Crippen LogP contribution in [0.25, 0.3) is 11.3 Å². The number of benzene rings is 1. The third kappa shape index (κ3) is 4.53. The van der Waals surface area contributed by atoms with Crippen LogP contribution < -0.4 is 14.8 Å². The molecule has 2 heterocycles. The Morgan fingerprint density at radius 1 is 1.38 bits per heavy atom. The molecular weight excluding hydrogens is 350 g/mol. The maximum atomic E-state index is 12.3. The van der Waals surface area contributed by atoms with E-state index >= 15 is 0 Å². The van der Waals surface area contributed by atoms with E-state index < -0.39 is 0 Å². The summed E-state index contributed by atoms with van der Waals surface area (Å²) >= 11 is 1.42. The van der Waals surface area contributed by atoms with Crippen LogP contribution in [0.5, 0.6) is 11.5 Å². The Balaban J connectivity index is 1.65. The highest BCUT2D eigenvalue weighted by Gasteiger charge is 2.19. The van der Waals surface area contributed by atoms with E-state index in [1.165, 1.54) is 17.8 Å². The number of nitrogens with one attached hydrogen (secondary N) is 1. The van der Waals surface area contributed by atoms with Crippen molar-refractivity contribution >= 4 is 22.4 Å². The smallest absolute Gasteiger partial charge is 0.240 e. The zero-order chi connectivity index (χ0) is 18.5. The number of thiazole rings is 1. The molecule has 1 aromatic heterocycles. The largest absolute Gasteiger partial charge is 0.497 e. The van der Waals surface area contributed by atoms with Crippen LogP contribution in [0.3, 0.4) is 0 Å². The van der Waals surface area contributed by atoms with Crippen molar-refractivity contribution in [3.63, 3.8) is 0 Å². The highest BCUT2D eigenvalue weighted by Crippen LogP contribution is 2.34. The SMILES string of the molecule is COc1ccc(-c2csc(NC(=O)CN3CCC[C@H](C)C3)n2)c(OC)c1. The summed E-state index contributed by atoms with van der Waals surface area (Å²) in [4.78, 5) is 19.1. The minimum absolute atomic E-state index is 0.0123. The standard InChI is InChI=1S/C19H25N3O3S/c1-13-5-4-8-22(10-13)11-18(23)21-19-20-16(12-26-19)15-7-6-14(24-2)9-17(15)25-3/h6-7,9,12-13H,4-5,8,10-11H2,1-3H3,(H,20,21,23)/t13-/m0/s1. The van der Waals surface area contributed by atoms with Crippen molar-refractivity contribution in [2.75, 3.05) is 39.2 Å². The fraction of sp³-hybridized carbons (Fsp3) is 0.474. The summed E-state index contributed by atoms with van der Waals surface area (Å²) in [5.74, 6) is 2.06. The van der Waals surface area contributed by atoms with Gasteiger partial charge in [-0.1, -0.05) is 6.92 Å². The van der Waals surface area contributed by atoms with Crippen molar-refractivity contribution < 1.29 is 14.3 Å². The van der Waals surface area contributed by atoms with E-state index in [0.29, 0.717) is 23.3 Å². The molecule has 140 valence electrons. The first-order chi connectivity index (χ1) is 12.6. The summed E-state index contributed by atoms with van der Waals surface area (Å²) in [5.41, 5.74) is 1.64. The molecule has 0 spiro atoms. The first-order valence-corrected chi connectivity index (χ1v) is 9.67. The van der Waals surface area contributed by atoms with Crippen LogP contribution in [0, 0.1) is 5.92 Å². The molecule has 0 aliphatic carbocycles. The van der Waals surface area contributed by atoms with Gasteiger partial charge in [0.2, 0.25) is 5.91 Å². The highest BCUT2D eigenvalue weighted by molar-refractivity contribution is 7.14. The van der Waals surface area contributed by atoms with E-state index in [1.807, 2.05) is 23.6 Å². The minimum atomic E-state index is -0.0123. The van der Waals surface area contributed by atoms with Gasteiger partial charge in [0.1, 0.15) is 11.5 Å². The fourth-order valence-electron chi connectivity index (χ4n) is 3.26. The van der Waals surface area contributed by atoms with E-state index in [0.717, 1.165) is 36.5 Å². The number of amides is 1. The predicted molar refractivity (Wildman–Crippen MR) is 104 cm³/mol. The molecule has 1 fully saturated rings. The predicted octanol–water partition coefficient (Wildman–Crippen LogP) is 3.50. The second kappa shape index (κ2) is 8.51. The van der Waals surface area contributed by atoms with Crippen LogP contribution in [-0.2, 0) is 4.79 Å². The number of hydrogen-bond donors (Lipinski definition) is 1. The Morgan fingerprint density at radius 3 is 2.96 bits per heavy atom. The Morgan fingerprint density at radius 2 is 2.23 bits per heavy atom. The number of aromatic nitrogens is 1. The lowest BCUT2D eigenvalue weighted by Crippen LogP contribution is -2.39. The molecule has 0 saturated carbocycles. The number of nitrogens with zero attached hydrogens (tertiary/aromatic N) is 2. The van der Waals surface area contributed by atoms with E-state index in [1.54, 1.807) is 14.2 Å². The number of hydrogen-bond acceptors (Lipinski definition) is 6. The van der Waals surface area contributed by atoms with Crippen molar-refractivity contribution in [2.24, 2.45) is 5.92 Å². The summed E-state index contributed by atoms with van der Waals surface area (Å²) < 4.78 is 10.7. The van der Waals surface area contributed by atoms with Gasteiger partial charge in [0, 0.05) is 23.6 Å². The number of likely N-dealkylation sites (tertiary alicyclic amines) is 1. The molecule has 1 amide bonds. The summed E-state index contributed by atoms with van der Waals surface area (Å²) in [6.07, 6.45) is 2.41. The average Bonchev–Trinajstić information content (AvgIpc) is 3.09. The molecule has 26 heavy (non-hydrogen) atoms. The van der Waals surface area contributed by atoms with E-state index in [2.05, 4.69) is 22.1 Å². The highest BCUT2D eigenvalue weighted by atomic mass is 32.1. The number of carbonyl (C=O) groups is 1. The van der Waals surface area contributed by atoms with Gasteiger partial charge >= 0.3 is 0 Å². The number of carbonyl (C=O) groups excluding carboxylic acids is 1. The number of piperidine rings is 1. The van der Waals surface area contributed by atoms with Crippen LogP contribution in [0.4, 0.5) is 5.13 Å². The molecule has 1 N–H and O–H groups in total. The first-order valence-electron chi connectivity index (χ1n) is 8.79. The molecule has 1 aliphatic heterocycles. The molecule has 2 aromatic rings. The topological polar surface area (TPSA) is 63.7 Å². The molecule has 0 bridgehead atoms. The molecular formula is C19H25N3O3S. The normalized spacial score (nSPS) is 17.7. The van der Waals surface area contributed by atoms with Crippen molar-refractivity contribution in [1.82, 2.24) is 9.88 Å². The molecule has 6 nitrogen and oxygen atoms in total. The number of methoxy groups -OCH3 is 2. The van der Waals surface area contributed by atoms with Crippen LogP contribution in [0.2, 0.25) is 0 Å². The van der Waals surface area contributed by atoms with Crippen molar-refractivity contribution in [2.45, 2.75) is 19.8 Å². The molecule has 1 aromatic carbocycles. The monoisotopic (exact) mass is 375 g/mol. The third-order valence-corrected chi connectivity index (χ3v) is 5.30. The molecule has 7 heteroatoms. The average molecular weight is 375 g/mol. The van der Waals surface area contributed by atoms with Gasteiger partial charge in [-0.05, 0) is 37.4 Å². The van der Waals surface area contributed by atoms with Gasteiger partial charge in [-0.25, -0.2) is 4.98 Å². The lowest BCUT2D eigenvalue weighted by molar-refractivity contribution is -0.117. The van der Waals surface area contributed by atoms with Gasteiger partial charge in [0.05, 0.1) is 26.5 Å². The van der Waals surface area contributed by atoms with Crippen molar-refractivity contribution in [1.29, 1.82) is 0 Å². The van der Waals surface area contributed by atoms with Gasteiger partial charge in [-0.3, -0.25) is 9.69 Å². The Bertz CT molecular complexity index is 762. The first kappa shape index (κ1) is 18.7. The van der Waals surface area contributed by atoms with Crippen LogP contribution in [0.15, 0.2) is 23.6 Å². The van der Waals surface area contributed by atoms with E-state index in [4.69, 9.17) is 9.47 Å². The van der Waals surface area contributed by atoms with Crippen LogP contribution >= 0.6 is 11.3 Å². The zero-order valence-electron chi connectivity index (χ0n) is 15.4. The number of ether oxygens (including phenoxy) is 2.